The Morgan fingerprint density at radius 3 is 2.24 bits per heavy atom. The molecular weight excluding hydrogens is 284 g/mol. The van der Waals surface area contributed by atoms with Gasteiger partial charge in [0.25, 0.3) is 0 Å². The predicted octanol–water partition coefficient (Wildman–Crippen LogP) is 2.43. The summed E-state index contributed by atoms with van der Waals surface area (Å²) in [5, 5.41) is 0. The number of aromatic nitrogens is 1. The highest BCUT2D eigenvalue weighted by Gasteiger charge is 2.39. The molecule has 1 heterocycles. The van der Waals surface area contributed by atoms with Gasteiger partial charge in [-0.05, 0) is 45.7 Å². The predicted molar refractivity (Wildman–Crippen MR) is 87.2 cm³/mol. The van der Waals surface area contributed by atoms with Gasteiger partial charge in [-0.2, -0.15) is 0 Å². The lowest BCUT2D eigenvalue weighted by Crippen LogP contribution is -2.46. The largest absolute Gasteiger partial charge is 0.500 e. The molecule has 0 unspecified atom stereocenters. The van der Waals surface area contributed by atoms with Crippen LogP contribution in [0.15, 0.2) is 18.3 Å². The molecule has 0 aromatic carbocycles. The second-order valence-corrected chi connectivity index (χ2v) is 7.55. The lowest BCUT2D eigenvalue weighted by molar-refractivity contribution is 0.0708. The number of hydrogen-bond acceptors (Lipinski definition) is 4. The van der Waals surface area contributed by atoms with E-state index < -0.39 is 8.80 Å². The van der Waals surface area contributed by atoms with Crippen LogP contribution in [0.3, 0.4) is 0 Å². The zero-order chi connectivity index (χ0) is 15.6. The molecule has 122 valence electrons. The van der Waals surface area contributed by atoms with E-state index in [4.69, 9.17) is 19.0 Å². The van der Waals surface area contributed by atoms with Crippen molar-refractivity contribution in [3.05, 3.63) is 24.0 Å². The Kier molecular flexibility index (Phi) is 8.87. The van der Waals surface area contributed by atoms with Crippen LogP contribution in [-0.4, -0.2) is 39.7 Å². The Labute approximate surface area is 129 Å². The minimum atomic E-state index is -2.50. The molecule has 0 aliphatic rings. The van der Waals surface area contributed by atoms with Crippen molar-refractivity contribution in [1.82, 2.24) is 4.57 Å². The Hall–Kier alpha value is -0.663. The van der Waals surface area contributed by atoms with Crippen molar-refractivity contribution in [2.45, 2.75) is 46.2 Å². The fourth-order valence-electron chi connectivity index (χ4n) is 2.52. The molecule has 21 heavy (non-hydrogen) atoms. The molecule has 1 aromatic heterocycles. The van der Waals surface area contributed by atoms with Gasteiger partial charge in [0.05, 0.1) is 0 Å². The third kappa shape index (κ3) is 5.92. The van der Waals surface area contributed by atoms with E-state index in [0.717, 1.165) is 25.4 Å². The minimum absolute atomic E-state index is 0.635. The van der Waals surface area contributed by atoms with Crippen molar-refractivity contribution in [2.24, 2.45) is 5.73 Å². The number of nitrogens with two attached hydrogens (primary N) is 1. The summed E-state index contributed by atoms with van der Waals surface area (Å²) in [6, 6.07) is 5.08. The zero-order valence-corrected chi connectivity index (χ0v) is 14.6. The molecule has 0 aliphatic heterocycles. The van der Waals surface area contributed by atoms with E-state index in [9.17, 15) is 0 Å². The standard InChI is InChI=1S/C15H30N2O3Si/c1-4-18-21(19-5-2,20-6-3)14-8-10-15-9-7-12-17(15)13-11-16/h7,9,12H,4-6,8,10-11,13-14,16H2,1-3H3. The Bertz CT molecular complexity index is 368. The minimum Gasteiger partial charge on any atom is -0.374 e. The van der Waals surface area contributed by atoms with Gasteiger partial charge in [0.1, 0.15) is 0 Å². The fourth-order valence-corrected chi connectivity index (χ4v) is 5.13. The van der Waals surface area contributed by atoms with Crippen LogP contribution in [0.1, 0.15) is 32.9 Å². The van der Waals surface area contributed by atoms with Gasteiger partial charge >= 0.3 is 8.80 Å². The first-order valence-corrected chi connectivity index (χ1v) is 9.90. The highest BCUT2D eigenvalue weighted by Crippen LogP contribution is 2.20. The summed E-state index contributed by atoms with van der Waals surface area (Å²) in [5.41, 5.74) is 6.94. The third-order valence-electron chi connectivity index (χ3n) is 3.30. The number of nitrogens with zero attached hydrogens (tertiary/aromatic N) is 1. The molecule has 0 aliphatic carbocycles. The molecule has 0 radical (unpaired) electrons. The van der Waals surface area contributed by atoms with E-state index in [1.165, 1.54) is 5.69 Å². The molecule has 0 bridgehead atoms. The molecule has 0 spiro atoms. The molecule has 0 amide bonds. The summed E-state index contributed by atoms with van der Waals surface area (Å²) in [6.45, 7) is 9.41. The smallest absolute Gasteiger partial charge is 0.374 e. The molecule has 6 heteroatoms. The summed E-state index contributed by atoms with van der Waals surface area (Å²) in [5.74, 6) is 0. The maximum atomic E-state index is 5.88. The highest BCUT2D eigenvalue weighted by atomic mass is 28.4. The second kappa shape index (κ2) is 10.1. The van der Waals surface area contributed by atoms with Crippen molar-refractivity contribution >= 4 is 8.80 Å². The first kappa shape index (κ1) is 18.4. The van der Waals surface area contributed by atoms with E-state index in [0.29, 0.717) is 26.4 Å². The molecule has 0 atom stereocenters. The SMILES string of the molecule is CCO[Si](CCCc1cccn1CCN)(OCC)OCC. The summed E-state index contributed by atoms with van der Waals surface area (Å²) >= 11 is 0. The number of aryl methyl sites for hydroxylation is 1. The molecule has 0 saturated heterocycles. The molecule has 5 nitrogen and oxygen atoms in total. The van der Waals surface area contributed by atoms with Gasteiger partial charge in [-0.15, -0.1) is 0 Å². The van der Waals surface area contributed by atoms with Crippen LogP contribution in [-0.2, 0) is 26.2 Å². The van der Waals surface area contributed by atoms with E-state index >= 15 is 0 Å². The zero-order valence-electron chi connectivity index (χ0n) is 13.6. The van der Waals surface area contributed by atoms with Crippen LogP contribution in [0.2, 0.25) is 6.04 Å². The van der Waals surface area contributed by atoms with Crippen LogP contribution in [0.25, 0.3) is 0 Å². The third-order valence-corrected chi connectivity index (χ3v) is 6.45. The van der Waals surface area contributed by atoms with Gasteiger partial charge in [-0.3, -0.25) is 0 Å². The van der Waals surface area contributed by atoms with Gasteiger partial charge in [0.15, 0.2) is 0 Å². The first-order valence-electron chi connectivity index (χ1n) is 7.97. The number of hydrogen-bond donors (Lipinski definition) is 1. The molecule has 0 fully saturated rings. The maximum absolute atomic E-state index is 5.88. The van der Waals surface area contributed by atoms with Crippen LogP contribution >= 0.6 is 0 Å². The molecule has 2 N–H and O–H groups in total. The lowest BCUT2D eigenvalue weighted by Gasteiger charge is -2.28. The maximum Gasteiger partial charge on any atom is 0.500 e. The Balaban J connectivity index is 2.57. The van der Waals surface area contributed by atoms with Gasteiger partial charge in [-0.25, -0.2) is 0 Å². The van der Waals surface area contributed by atoms with E-state index in [-0.39, 0.29) is 0 Å². The monoisotopic (exact) mass is 314 g/mol. The summed E-state index contributed by atoms with van der Waals surface area (Å²) in [7, 11) is -2.50. The molecule has 1 rings (SSSR count). The fraction of sp³-hybridized carbons (Fsp3) is 0.733. The molecular formula is C15H30N2O3Si. The van der Waals surface area contributed by atoms with Crippen molar-refractivity contribution in [3.8, 4) is 0 Å². The average Bonchev–Trinajstić information content (AvgIpc) is 2.88. The van der Waals surface area contributed by atoms with Crippen molar-refractivity contribution in [1.29, 1.82) is 0 Å². The van der Waals surface area contributed by atoms with E-state index in [1.807, 2.05) is 20.8 Å². The second-order valence-electron chi connectivity index (χ2n) is 4.82. The lowest BCUT2D eigenvalue weighted by atomic mass is 10.2. The average molecular weight is 315 g/mol. The quantitative estimate of drug-likeness (QED) is 0.602. The van der Waals surface area contributed by atoms with E-state index in [2.05, 4.69) is 22.9 Å². The van der Waals surface area contributed by atoms with Gasteiger partial charge < -0.3 is 23.6 Å². The van der Waals surface area contributed by atoms with Gasteiger partial charge in [0, 0.05) is 50.8 Å². The van der Waals surface area contributed by atoms with Gasteiger partial charge in [-0.1, -0.05) is 0 Å². The Morgan fingerprint density at radius 2 is 1.71 bits per heavy atom. The van der Waals surface area contributed by atoms with Crippen molar-refractivity contribution in [2.75, 3.05) is 26.4 Å². The summed E-state index contributed by atoms with van der Waals surface area (Å²) in [4.78, 5) is 0. The first-order chi connectivity index (χ1) is 10.2. The van der Waals surface area contributed by atoms with Crippen LogP contribution in [0.4, 0.5) is 0 Å². The molecule has 0 saturated carbocycles. The number of rotatable bonds is 12. The van der Waals surface area contributed by atoms with Crippen LogP contribution in [0.5, 0.6) is 0 Å². The highest BCUT2D eigenvalue weighted by molar-refractivity contribution is 6.60. The summed E-state index contributed by atoms with van der Waals surface area (Å²) < 4.78 is 19.8. The van der Waals surface area contributed by atoms with Crippen LogP contribution < -0.4 is 5.73 Å². The van der Waals surface area contributed by atoms with Crippen molar-refractivity contribution < 1.29 is 13.3 Å². The summed E-state index contributed by atoms with van der Waals surface area (Å²) in [6.07, 6.45) is 4.08. The van der Waals surface area contributed by atoms with Gasteiger partial charge in [0.2, 0.25) is 0 Å². The van der Waals surface area contributed by atoms with E-state index in [1.54, 1.807) is 0 Å². The van der Waals surface area contributed by atoms with Crippen LogP contribution in [0, 0.1) is 0 Å². The molecule has 1 aromatic rings. The topological polar surface area (TPSA) is 58.6 Å². The normalized spacial score (nSPS) is 12.0. The Morgan fingerprint density at radius 1 is 1.10 bits per heavy atom. The van der Waals surface area contributed by atoms with Crippen molar-refractivity contribution in [3.63, 3.8) is 0 Å².